The number of aromatic nitrogens is 2. The van der Waals surface area contributed by atoms with E-state index in [-0.39, 0.29) is 5.54 Å². The first kappa shape index (κ1) is 13.1. The van der Waals surface area contributed by atoms with Crippen molar-refractivity contribution in [3.8, 4) is 11.1 Å². The normalized spacial score (nSPS) is 14.5. The Hall–Kier alpha value is -1.90. The van der Waals surface area contributed by atoms with E-state index in [0.717, 1.165) is 24.4 Å². The molecule has 0 N–H and O–H groups in total. The lowest BCUT2D eigenvalue weighted by atomic mass is 9.99. The van der Waals surface area contributed by atoms with Crippen LogP contribution in [0.5, 0.6) is 0 Å². The number of benzene rings is 1. The lowest BCUT2D eigenvalue weighted by molar-refractivity contribution is 0.518. The number of anilines is 1. The molecule has 0 bridgehead atoms. The zero-order valence-electron chi connectivity index (χ0n) is 12.6. The van der Waals surface area contributed by atoms with Crippen LogP contribution in [-0.4, -0.2) is 22.1 Å². The first-order chi connectivity index (χ1) is 9.47. The van der Waals surface area contributed by atoms with Crippen molar-refractivity contribution in [2.24, 2.45) is 0 Å². The van der Waals surface area contributed by atoms with Crippen molar-refractivity contribution in [2.75, 3.05) is 11.4 Å². The summed E-state index contributed by atoms with van der Waals surface area (Å²) < 4.78 is 0. The Bertz CT molecular complexity index is 624. The fourth-order valence-corrected chi connectivity index (χ4v) is 2.93. The highest BCUT2D eigenvalue weighted by Gasteiger charge is 2.29. The van der Waals surface area contributed by atoms with Gasteiger partial charge < -0.3 is 4.90 Å². The molecule has 0 unspecified atom stereocenters. The number of aryl methyl sites for hydroxylation is 1. The molecule has 3 rings (SSSR count). The van der Waals surface area contributed by atoms with Crippen molar-refractivity contribution in [3.05, 3.63) is 42.0 Å². The van der Waals surface area contributed by atoms with Gasteiger partial charge in [-0.1, -0.05) is 12.1 Å². The van der Waals surface area contributed by atoms with E-state index in [1.165, 1.54) is 16.8 Å². The van der Waals surface area contributed by atoms with Gasteiger partial charge >= 0.3 is 0 Å². The maximum Gasteiger partial charge on any atom is 0.125 e. The van der Waals surface area contributed by atoms with E-state index in [2.05, 4.69) is 53.8 Å². The maximum absolute atomic E-state index is 4.32. The molecule has 104 valence electrons. The van der Waals surface area contributed by atoms with E-state index < -0.39 is 0 Å². The SMILES string of the molecule is Cc1ncc(-c2cccc3c2CCN3C(C)(C)C)cn1. The molecular weight excluding hydrogens is 246 g/mol. The molecule has 3 nitrogen and oxygen atoms in total. The van der Waals surface area contributed by atoms with Crippen molar-refractivity contribution in [2.45, 2.75) is 39.7 Å². The molecule has 0 atom stereocenters. The van der Waals surface area contributed by atoms with Crippen LogP contribution in [0.4, 0.5) is 5.69 Å². The molecule has 20 heavy (non-hydrogen) atoms. The lowest BCUT2D eigenvalue weighted by Gasteiger charge is -2.34. The van der Waals surface area contributed by atoms with Gasteiger partial charge in [0.1, 0.15) is 5.82 Å². The summed E-state index contributed by atoms with van der Waals surface area (Å²) in [5.41, 5.74) is 5.33. The average molecular weight is 267 g/mol. The molecule has 3 heteroatoms. The fourth-order valence-electron chi connectivity index (χ4n) is 2.93. The molecule has 0 saturated carbocycles. The number of nitrogens with zero attached hydrogens (tertiary/aromatic N) is 3. The van der Waals surface area contributed by atoms with Crippen LogP contribution in [0.1, 0.15) is 32.2 Å². The highest BCUT2D eigenvalue weighted by Crippen LogP contribution is 2.38. The molecule has 1 aromatic carbocycles. The fraction of sp³-hybridized carbons (Fsp3) is 0.412. The van der Waals surface area contributed by atoms with E-state index >= 15 is 0 Å². The topological polar surface area (TPSA) is 29.0 Å². The molecular formula is C17H21N3. The van der Waals surface area contributed by atoms with E-state index in [4.69, 9.17) is 0 Å². The molecule has 2 heterocycles. The van der Waals surface area contributed by atoms with Crippen LogP contribution in [0.15, 0.2) is 30.6 Å². The number of rotatable bonds is 1. The number of hydrogen-bond donors (Lipinski definition) is 0. The van der Waals surface area contributed by atoms with E-state index in [0.29, 0.717) is 0 Å². The third kappa shape index (κ3) is 2.17. The number of hydrogen-bond acceptors (Lipinski definition) is 3. The van der Waals surface area contributed by atoms with E-state index in [1.807, 2.05) is 19.3 Å². The van der Waals surface area contributed by atoms with Crippen LogP contribution < -0.4 is 4.90 Å². The van der Waals surface area contributed by atoms with Crippen molar-refractivity contribution in [1.82, 2.24) is 9.97 Å². The molecule has 0 aliphatic carbocycles. The Balaban J connectivity index is 2.08. The van der Waals surface area contributed by atoms with Crippen LogP contribution in [0, 0.1) is 6.92 Å². The van der Waals surface area contributed by atoms with Crippen LogP contribution in [0.25, 0.3) is 11.1 Å². The molecule has 0 amide bonds. The van der Waals surface area contributed by atoms with E-state index in [9.17, 15) is 0 Å². The monoisotopic (exact) mass is 267 g/mol. The largest absolute Gasteiger partial charge is 0.366 e. The second-order valence-corrected chi connectivity index (χ2v) is 6.39. The molecule has 0 saturated heterocycles. The Labute approximate surface area is 120 Å². The van der Waals surface area contributed by atoms with Gasteiger partial charge in [0.15, 0.2) is 0 Å². The Morgan fingerprint density at radius 3 is 2.45 bits per heavy atom. The summed E-state index contributed by atoms with van der Waals surface area (Å²) in [5, 5.41) is 0. The van der Waals surface area contributed by atoms with Gasteiger partial charge in [-0.3, -0.25) is 0 Å². The molecule has 0 spiro atoms. The third-order valence-electron chi connectivity index (χ3n) is 3.93. The molecule has 1 aromatic heterocycles. The van der Waals surface area contributed by atoms with Crippen molar-refractivity contribution >= 4 is 5.69 Å². The molecule has 1 aliphatic heterocycles. The molecule has 2 aromatic rings. The van der Waals surface area contributed by atoms with Gasteiger partial charge in [-0.25, -0.2) is 9.97 Å². The Kier molecular flexibility index (Phi) is 3.00. The third-order valence-corrected chi connectivity index (χ3v) is 3.93. The summed E-state index contributed by atoms with van der Waals surface area (Å²) in [4.78, 5) is 11.1. The minimum atomic E-state index is 0.160. The quantitative estimate of drug-likeness (QED) is 0.790. The molecule has 0 fully saturated rings. The number of fused-ring (bicyclic) bond motifs is 1. The van der Waals surface area contributed by atoms with Crippen LogP contribution in [0.3, 0.4) is 0 Å². The highest BCUT2D eigenvalue weighted by molar-refractivity contribution is 5.76. The zero-order chi connectivity index (χ0) is 14.3. The van der Waals surface area contributed by atoms with Crippen molar-refractivity contribution in [1.29, 1.82) is 0 Å². The van der Waals surface area contributed by atoms with Crippen molar-refractivity contribution < 1.29 is 0 Å². The van der Waals surface area contributed by atoms with Gasteiger partial charge in [-0.05, 0) is 51.3 Å². The predicted molar refractivity (Wildman–Crippen MR) is 83.0 cm³/mol. The average Bonchev–Trinajstić information content (AvgIpc) is 2.83. The second-order valence-electron chi connectivity index (χ2n) is 6.39. The van der Waals surface area contributed by atoms with Crippen LogP contribution in [0.2, 0.25) is 0 Å². The van der Waals surface area contributed by atoms with E-state index in [1.54, 1.807) is 0 Å². The smallest absolute Gasteiger partial charge is 0.125 e. The summed E-state index contributed by atoms with van der Waals surface area (Å²) in [5.74, 6) is 0.817. The predicted octanol–water partition coefficient (Wildman–Crippen LogP) is 3.61. The van der Waals surface area contributed by atoms with Crippen molar-refractivity contribution in [3.63, 3.8) is 0 Å². The van der Waals surface area contributed by atoms with Crippen LogP contribution in [-0.2, 0) is 6.42 Å². The zero-order valence-corrected chi connectivity index (χ0v) is 12.6. The van der Waals surface area contributed by atoms with Gasteiger partial charge in [0.2, 0.25) is 0 Å². The molecule has 1 aliphatic rings. The Morgan fingerprint density at radius 1 is 1.10 bits per heavy atom. The maximum atomic E-state index is 4.32. The minimum absolute atomic E-state index is 0.160. The van der Waals surface area contributed by atoms with Gasteiger partial charge in [0.05, 0.1) is 0 Å². The second kappa shape index (κ2) is 4.58. The summed E-state index contributed by atoms with van der Waals surface area (Å²) in [6.07, 6.45) is 4.95. The summed E-state index contributed by atoms with van der Waals surface area (Å²) in [6.45, 7) is 9.81. The standard InChI is InChI=1S/C17H21N3/c1-12-18-10-13(11-19-12)14-6-5-7-16-15(14)8-9-20(16)17(2,3)4/h5-7,10-11H,8-9H2,1-4H3. The first-order valence-electron chi connectivity index (χ1n) is 7.15. The van der Waals surface area contributed by atoms with Gasteiger partial charge in [-0.15, -0.1) is 0 Å². The van der Waals surface area contributed by atoms with Gasteiger partial charge in [-0.2, -0.15) is 0 Å². The lowest BCUT2D eigenvalue weighted by Crippen LogP contribution is -2.40. The minimum Gasteiger partial charge on any atom is -0.366 e. The van der Waals surface area contributed by atoms with Gasteiger partial charge in [0, 0.05) is 35.7 Å². The highest BCUT2D eigenvalue weighted by atomic mass is 15.2. The summed E-state index contributed by atoms with van der Waals surface area (Å²) >= 11 is 0. The summed E-state index contributed by atoms with van der Waals surface area (Å²) in [6, 6.07) is 6.54. The summed E-state index contributed by atoms with van der Waals surface area (Å²) in [7, 11) is 0. The van der Waals surface area contributed by atoms with Crippen LogP contribution >= 0.6 is 0 Å². The first-order valence-corrected chi connectivity index (χ1v) is 7.15. The Morgan fingerprint density at radius 2 is 1.80 bits per heavy atom. The van der Waals surface area contributed by atoms with Gasteiger partial charge in [0.25, 0.3) is 0 Å². The molecule has 0 radical (unpaired) electrons.